The van der Waals surface area contributed by atoms with Crippen molar-refractivity contribution in [2.75, 3.05) is 5.32 Å². The van der Waals surface area contributed by atoms with E-state index < -0.39 is 0 Å². The summed E-state index contributed by atoms with van der Waals surface area (Å²) in [6.07, 6.45) is 1.66. The summed E-state index contributed by atoms with van der Waals surface area (Å²) in [5, 5.41) is 10.1. The number of aromatic amines is 1. The fraction of sp³-hybridized carbons (Fsp3) is 0.182. The molecule has 2 rings (SSSR count). The standard InChI is InChI=1S/C11H11ClFN3/c1-7(10-4-5-14-16-10)15-11-3-2-8(12)6-9(11)13/h2-7,15H,1H3,(H,14,16). The summed E-state index contributed by atoms with van der Waals surface area (Å²) >= 11 is 5.67. The maximum atomic E-state index is 13.5. The van der Waals surface area contributed by atoms with E-state index in [-0.39, 0.29) is 11.9 Å². The van der Waals surface area contributed by atoms with Crippen LogP contribution >= 0.6 is 11.6 Å². The summed E-state index contributed by atoms with van der Waals surface area (Å²) in [7, 11) is 0. The highest BCUT2D eigenvalue weighted by Crippen LogP contribution is 2.22. The SMILES string of the molecule is CC(Nc1ccc(Cl)cc1F)c1ccn[nH]1. The molecule has 1 aromatic heterocycles. The van der Waals surface area contributed by atoms with Gasteiger partial charge in [-0.3, -0.25) is 5.10 Å². The molecule has 0 radical (unpaired) electrons. The number of aromatic nitrogens is 2. The normalized spacial score (nSPS) is 12.4. The summed E-state index contributed by atoms with van der Waals surface area (Å²) < 4.78 is 13.5. The zero-order valence-corrected chi connectivity index (χ0v) is 9.42. The van der Waals surface area contributed by atoms with Crippen LogP contribution in [0.4, 0.5) is 10.1 Å². The first-order valence-electron chi connectivity index (χ1n) is 4.87. The monoisotopic (exact) mass is 239 g/mol. The van der Waals surface area contributed by atoms with Gasteiger partial charge in [0.25, 0.3) is 0 Å². The van der Waals surface area contributed by atoms with E-state index in [0.717, 1.165) is 5.69 Å². The molecule has 0 saturated carbocycles. The number of hydrogen-bond acceptors (Lipinski definition) is 2. The Morgan fingerprint density at radius 2 is 2.25 bits per heavy atom. The molecule has 0 bridgehead atoms. The van der Waals surface area contributed by atoms with Crippen LogP contribution in [0.15, 0.2) is 30.5 Å². The van der Waals surface area contributed by atoms with Gasteiger partial charge in [-0.15, -0.1) is 0 Å². The molecule has 0 aliphatic rings. The number of H-pyrrole nitrogens is 1. The van der Waals surface area contributed by atoms with Gasteiger partial charge in [-0.1, -0.05) is 11.6 Å². The average Bonchev–Trinajstić information content (AvgIpc) is 2.75. The number of hydrogen-bond donors (Lipinski definition) is 2. The molecule has 0 spiro atoms. The molecule has 0 amide bonds. The molecule has 0 fully saturated rings. The number of anilines is 1. The van der Waals surface area contributed by atoms with Gasteiger partial charge in [-0.25, -0.2) is 4.39 Å². The lowest BCUT2D eigenvalue weighted by Gasteiger charge is -2.14. The highest BCUT2D eigenvalue weighted by atomic mass is 35.5. The van der Waals surface area contributed by atoms with E-state index in [1.165, 1.54) is 6.07 Å². The molecule has 0 saturated heterocycles. The Balaban J connectivity index is 2.15. The quantitative estimate of drug-likeness (QED) is 0.862. The average molecular weight is 240 g/mol. The molecular formula is C11H11ClFN3. The third-order valence-corrected chi connectivity index (χ3v) is 2.53. The predicted molar refractivity (Wildman–Crippen MR) is 62.0 cm³/mol. The Morgan fingerprint density at radius 3 is 2.88 bits per heavy atom. The zero-order valence-electron chi connectivity index (χ0n) is 8.67. The molecule has 2 N–H and O–H groups in total. The molecular weight excluding hydrogens is 229 g/mol. The fourth-order valence-corrected chi connectivity index (χ4v) is 1.58. The van der Waals surface area contributed by atoms with Crippen molar-refractivity contribution in [3.05, 3.63) is 47.0 Å². The van der Waals surface area contributed by atoms with Crippen LogP contribution in [0.3, 0.4) is 0 Å². The molecule has 1 atom stereocenters. The minimum absolute atomic E-state index is 0.0434. The molecule has 1 unspecified atom stereocenters. The van der Waals surface area contributed by atoms with Gasteiger partial charge in [-0.2, -0.15) is 5.10 Å². The number of halogens is 2. The van der Waals surface area contributed by atoms with Crippen LogP contribution in [-0.4, -0.2) is 10.2 Å². The van der Waals surface area contributed by atoms with Crippen molar-refractivity contribution in [3.8, 4) is 0 Å². The second-order valence-corrected chi connectivity index (χ2v) is 3.94. The van der Waals surface area contributed by atoms with Crippen molar-refractivity contribution >= 4 is 17.3 Å². The van der Waals surface area contributed by atoms with Crippen molar-refractivity contribution in [3.63, 3.8) is 0 Å². The molecule has 1 aromatic carbocycles. The van der Waals surface area contributed by atoms with E-state index in [4.69, 9.17) is 11.6 Å². The van der Waals surface area contributed by atoms with Crippen LogP contribution in [-0.2, 0) is 0 Å². The minimum atomic E-state index is -0.362. The smallest absolute Gasteiger partial charge is 0.147 e. The molecule has 0 aliphatic carbocycles. The van der Waals surface area contributed by atoms with E-state index >= 15 is 0 Å². The summed E-state index contributed by atoms with van der Waals surface area (Å²) in [5.41, 5.74) is 1.32. The van der Waals surface area contributed by atoms with Crippen LogP contribution in [0.2, 0.25) is 5.02 Å². The zero-order chi connectivity index (χ0) is 11.5. The van der Waals surface area contributed by atoms with Crippen LogP contribution < -0.4 is 5.32 Å². The van der Waals surface area contributed by atoms with E-state index in [2.05, 4.69) is 15.5 Å². The summed E-state index contributed by atoms with van der Waals surface area (Å²) in [6.45, 7) is 1.92. The number of nitrogens with one attached hydrogen (secondary N) is 2. The maximum Gasteiger partial charge on any atom is 0.147 e. The Labute approximate surface area is 97.6 Å². The number of benzene rings is 1. The molecule has 84 valence electrons. The lowest BCUT2D eigenvalue weighted by Crippen LogP contribution is -2.08. The second-order valence-electron chi connectivity index (χ2n) is 3.50. The Morgan fingerprint density at radius 1 is 1.44 bits per heavy atom. The first-order chi connectivity index (χ1) is 7.66. The maximum absolute atomic E-state index is 13.5. The summed E-state index contributed by atoms with van der Waals surface area (Å²) in [4.78, 5) is 0. The van der Waals surface area contributed by atoms with E-state index in [0.29, 0.717) is 10.7 Å². The molecule has 5 heteroatoms. The van der Waals surface area contributed by atoms with Crippen molar-refractivity contribution in [1.82, 2.24) is 10.2 Å². The molecule has 16 heavy (non-hydrogen) atoms. The summed E-state index contributed by atoms with van der Waals surface area (Å²) in [6, 6.07) is 6.34. The Kier molecular flexibility index (Phi) is 3.10. The Bertz CT molecular complexity index is 470. The van der Waals surface area contributed by atoms with Crippen LogP contribution in [0.1, 0.15) is 18.7 Å². The second kappa shape index (κ2) is 4.53. The fourth-order valence-electron chi connectivity index (χ4n) is 1.43. The van der Waals surface area contributed by atoms with Crippen molar-refractivity contribution in [1.29, 1.82) is 0 Å². The summed E-state index contributed by atoms with van der Waals surface area (Å²) in [5.74, 6) is -0.362. The van der Waals surface area contributed by atoms with E-state index in [1.54, 1.807) is 18.3 Å². The van der Waals surface area contributed by atoms with Crippen molar-refractivity contribution in [2.24, 2.45) is 0 Å². The highest BCUT2D eigenvalue weighted by Gasteiger charge is 2.09. The van der Waals surface area contributed by atoms with Crippen LogP contribution in [0.5, 0.6) is 0 Å². The van der Waals surface area contributed by atoms with Crippen LogP contribution in [0, 0.1) is 5.82 Å². The van der Waals surface area contributed by atoms with Crippen molar-refractivity contribution in [2.45, 2.75) is 13.0 Å². The van der Waals surface area contributed by atoms with Gasteiger partial charge < -0.3 is 5.32 Å². The van der Waals surface area contributed by atoms with Crippen LogP contribution in [0.25, 0.3) is 0 Å². The largest absolute Gasteiger partial charge is 0.375 e. The molecule has 0 aliphatic heterocycles. The van der Waals surface area contributed by atoms with Gasteiger partial charge in [0, 0.05) is 11.2 Å². The van der Waals surface area contributed by atoms with Gasteiger partial charge in [0.15, 0.2) is 0 Å². The third kappa shape index (κ3) is 2.33. The highest BCUT2D eigenvalue weighted by molar-refractivity contribution is 6.30. The number of rotatable bonds is 3. The molecule has 2 aromatic rings. The van der Waals surface area contributed by atoms with Gasteiger partial charge in [-0.05, 0) is 31.2 Å². The molecule has 3 nitrogen and oxygen atoms in total. The van der Waals surface area contributed by atoms with Gasteiger partial charge >= 0.3 is 0 Å². The van der Waals surface area contributed by atoms with Gasteiger partial charge in [0.05, 0.1) is 17.4 Å². The topological polar surface area (TPSA) is 40.7 Å². The predicted octanol–water partition coefficient (Wildman–Crippen LogP) is 3.38. The van der Waals surface area contributed by atoms with Gasteiger partial charge in [0.2, 0.25) is 0 Å². The number of nitrogens with zero attached hydrogens (tertiary/aromatic N) is 1. The lowest BCUT2D eigenvalue weighted by molar-refractivity contribution is 0.627. The van der Waals surface area contributed by atoms with E-state index in [9.17, 15) is 4.39 Å². The minimum Gasteiger partial charge on any atom is -0.375 e. The first kappa shape index (κ1) is 11.0. The van der Waals surface area contributed by atoms with E-state index in [1.807, 2.05) is 13.0 Å². The lowest BCUT2D eigenvalue weighted by atomic mass is 10.2. The third-order valence-electron chi connectivity index (χ3n) is 2.29. The van der Waals surface area contributed by atoms with Crippen molar-refractivity contribution < 1.29 is 4.39 Å². The Hall–Kier alpha value is -1.55. The van der Waals surface area contributed by atoms with Gasteiger partial charge in [0.1, 0.15) is 5.82 Å². The molecule has 1 heterocycles. The first-order valence-corrected chi connectivity index (χ1v) is 5.25.